The van der Waals surface area contributed by atoms with Crippen molar-refractivity contribution in [2.75, 3.05) is 18.1 Å². The van der Waals surface area contributed by atoms with E-state index in [0.29, 0.717) is 17.0 Å². The maximum Gasteiger partial charge on any atom is 0.0996 e. The van der Waals surface area contributed by atoms with Crippen molar-refractivity contribution < 1.29 is 4.42 Å². The van der Waals surface area contributed by atoms with Crippen LogP contribution in [0.1, 0.15) is 11.1 Å². The lowest BCUT2D eigenvalue weighted by atomic mass is 10.0. The standard InChI is InChI=1S/C12H13N3O/c1-15-9-2-3-11(13)10(6-9)12(14)8-4-5-16-7-8/h2-7,14-15H,13H2,1H3. The number of furan rings is 1. The molecule has 0 unspecified atom stereocenters. The first-order chi connectivity index (χ1) is 7.72. The minimum atomic E-state index is 0.364. The Morgan fingerprint density at radius 2 is 2.19 bits per heavy atom. The van der Waals surface area contributed by atoms with Crippen LogP contribution in [0.2, 0.25) is 0 Å². The summed E-state index contributed by atoms with van der Waals surface area (Å²) in [5.41, 5.74) is 9.16. The normalized spacial score (nSPS) is 10.1. The highest BCUT2D eigenvalue weighted by Gasteiger charge is 2.10. The van der Waals surface area contributed by atoms with Crippen LogP contribution in [0.25, 0.3) is 0 Å². The zero-order chi connectivity index (χ0) is 11.5. The second-order valence-corrected chi connectivity index (χ2v) is 3.44. The van der Waals surface area contributed by atoms with Crippen molar-refractivity contribution in [1.82, 2.24) is 0 Å². The average Bonchev–Trinajstić information content (AvgIpc) is 2.82. The van der Waals surface area contributed by atoms with E-state index < -0.39 is 0 Å². The highest BCUT2D eigenvalue weighted by Crippen LogP contribution is 2.21. The molecule has 2 rings (SSSR count). The van der Waals surface area contributed by atoms with Gasteiger partial charge in [-0.05, 0) is 24.3 Å². The Hall–Kier alpha value is -2.23. The Labute approximate surface area is 93.6 Å². The number of nitrogen functional groups attached to an aromatic ring is 1. The molecule has 0 spiro atoms. The number of anilines is 2. The van der Waals surface area contributed by atoms with Crippen molar-refractivity contribution in [1.29, 1.82) is 5.41 Å². The van der Waals surface area contributed by atoms with Gasteiger partial charge in [-0.3, -0.25) is 5.41 Å². The number of hydrogen-bond acceptors (Lipinski definition) is 4. The molecule has 0 aliphatic rings. The molecule has 82 valence electrons. The molecule has 0 saturated carbocycles. The van der Waals surface area contributed by atoms with E-state index in [4.69, 9.17) is 15.6 Å². The molecular weight excluding hydrogens is 202 g/mol. The van der Waals surface area contributed by atoms with E-state index in [1.54, 1.807) is 18.4 Å². The van der Waals surface area contributed by atoms with Crippen molar-refractivity contribution >= 4 is 17.1 Å². The topological polar surface area (TPSA) is 75.0 Å². The lowest BCUT2D eigenvalue weighted by molar-refractivity contribution is 0.567. The van der Waals surface area contributed by atoms with Crippen molar-refractivity contribution in [2.24, 2.45) is 0 Å². The first kappa shape index (κ1) is 10.3. The molecule has 1 aromatic carbocycles. The molecule has 4 N–H and O–H groups in total. The van der Waals surface area contributed by atoms with Gasteiger partial charge in [0.05, 0.1) is 18.2 Å². The van der Waals surface area contributed by atoms with Crippen LogP contribution in [0.5, 0.6) is 0 Å². The number of hydrogen-bond donors (Lipinski definition) is 3. The van der Waals surface area contributed by atoms with Crippen LogP contribution in [-0.2, 0) is 0 Å². The molecule has 1 heterocycles. The molecular formula is C12H13N3O. The van der Waals surface area contributed by atoms with Crippen LogP contribution in [0.3, 0.4) is 0 Å². The van der Waals surface area contributed by atoms with Gasteiger partial charge in [0.15, 0.2) is 0 Å². The molecule has 0 fully saturated rings. The van der Waals surface area contributed by atoms with Gasteiger partial charge >= 0.3 is 0 Å². The van der Waals surface area contributed by atoms with E-state index in [9.17, 15) is 0 Å². The molecule has 0 amide bonds. The van der Waals surface area contributed by atoms with Crippen LogP contribution in [0, 0.1) is 5.41 Å². The fourth-order valence-electron chi connectivity index (χ4n) is 1.49. The molecule has 0 aliphatic heterocycles. The van der Waals surface area contributed by atoms with Gasteiger partial charge in [-0.2, -0.15) is 0 Å². The SMILES string of the molecule is CNc1ccc(N)c(C(=N)c2ccoc2)c1. The molecule has 1 aromatic heterocycles. The third-order valence-corrected chi connectivity index (χ3v) is 2.42. The van der Waals surface area contributed by atoms with Gasteiger partial charge in [0.1, 0.15) is 0 Å². The predicted molar refractivity (Wildman–Crippen MR) is 65.0 cm³/mol. The van der Waals surface area contributed by atoms with E-state index in [1.807, 2.05) is 19.2 Å². The van der Waals surface area contributed by atoms with E-state index >= 15 is 0 Å². The van der Waals surface area contributed by atoms with Crippen molar-refractivity contribution in [3.63, 3.8) is 0 Å². The number of rotatable bonds is 3. The van der Waals surface area contributed by atoms with Gasteiger partial charge in [0, 0.05) is 29.5 Å². The van der Waals surface area contributed by atoms with Gasteiger partial charge in [-0.25, -0.2) is 0 Å². The summed E-state index contributed by atoms with van der Waals surface area (Å²) in [6, 6.07) is 7.26. The molecule has 4 heteroatoms. The van der Waals surface area contributed by atoms with E-state index in [-0.39, 0.29) is 0 Å². The quantitative estimate of drug-likeness (QED) is 0.543. The summed E-state index contributed by atoms with van der Waals surface area (Å²) in [6.07, 6.45) is 3.08. The fourth-order valence-corrected chi connectivity index (χ4v) is 1.49. The zero-order valence-corrected chi connectivity index (χ0v) is 8.95. The maximum atomic E-state index is 8.03. The summed E-state index contributed by atoms with van der Waals surface area (Å²) in [6.45, 7) is 0. The number of nitrogens with one attached hydrogen (secondary N) is 2. The summed E-state index contributed by atoms with van der Waals surface area (Å²) >= 11 is 0. The maximum absolute atomic E-state index is 8.03. The second-order valence-electron chi connectivity index (χ2n) is 3.44. The van der Waals surface area contributed by atoms with Crippen molar-refractivity contribution in [3.05, 3.63) is 47.9 Å². The first-order valence-electron chi connectivity index (χ1n) is 4.91. The van der Waals surface area contributed by atoms with Gasteiger partial charge in [0.2, 0.25) is 0 Å². The molecule has 0 aliphatic carbocycles. The zero-order valence-electron chi connectivity index (χ0n) is 8.95. The Balaban J connectivity index is 2.43. The molecule has 0 bridgehead atoms. The van der Waals surface area contributed by atoms with E-state index in [0.717, 1.165) is 11.3 Å². The molecule has 4 nitrogen and oxygen atoms in total. The first-order valence-corrected chi connectivity index (χ1v) is 4.91. The third-order valence-electron chi connectivity index (χ3n) is 2.42. The number of benzene rings is 1. The van der Waals surface area contributed by atoms with Crippen LogP contribution >= 0.6 is 0 Å². The third kappa shape index (κ3) is 1.77. The van der Waals surface area contributed by atoms with Gasteiger partial charge in [-0.15, -0.1) is 0 Å². The fraction of sp³-hybridized carbons (Fsp3) is 0.0833. The summed E-state index contributed by atoms with van der Waals surface area (Å²) in [5.74, 6) is 0. The Bertz CT molecular complexity index is 503. The molecule has 2 aromatic rings. The Morgan fingerprint density at radius 3 is 2.81 bits per heavy atom. The Morgan fingerprint density at radius 1 is 1.38 bits per heavy atom. The molecule has 0 atom stereocenters. The highest BCUT2D eigenvalue weighted by atomic mass is 16.3. The van der Waals surface area contributed by atoms with Gasteiger partial charge in [0.25, 0.3) is 0 Å². The molecule has 0 saturated heterocycles. The highest BCUT2D eigenvalue weighted by molar-refractivity contribution is 6.14. The predicted octanol–water partition coefficient (Wildman–Crippen LogP) is 2.32. The summed E-state index contributed by atoms with van der Waals surface area (Å²) in [7, 11) is 1.83. The Kier molecular flexibility index (Phi) is 2.64. The minimum absolute atomic E-state index is 0.364. The average molecular weight is 215 g/mol. The van der Waals surface area contributed by atoms with Crippen LogP contribution in [0.15, 0.2) is 41.2 Å². The van der Waals surface area contributed by atoms with E-state index in [2.05, 4.69) is 5.32 Å². The smallest absolute Gasteiger partial charge is 0.0996 e. The van der Waals surface area contributed by atoms with Crippen molar-refractivity contribution in [3.8, 4) is 0 Å². The minimum Gasteiger partial charge on any atom is -0.472 e. The largest absolute Gasteiger partial charge is 0.472 e. The van der Waals surface area contributed by atoms with Crippen molar-refractivity contribution in [2.45, 2.75) is 0 Å². The lowest BCUT2D eigenvalue weighted by Crippen LogP contribution is -2.05. The second kappa shape index (κ2) is 4.10. The monoisotopic (exact) mass is 215 g/mol. The molecule has 0 radical (unpaired) electrons. The van der Waals surface area contributed by atoms with E-state index in [1.165, 1.54) is 6.26 Å². The summed E-state index contributed by atoms with van der Waals surface area (Å²) < 4.78 is 4.96. The lowest BCUT2D eigenvalue weighted by Gasteiger charge is -2.08. The molecule has 16 heavy (non-hydrogen) atoms. The van der Waals surface area contributed by atoms with Gasteiger partial charge in [-0.1, -0.05) is 0 Å². The van der Waals surface area contributed by atoms with Crippen LogP contribution in [0.4, 0.5) is 11.4 Å². The summed E-state index contributed by atoms with van der Waals surface area (Å²) in [4.78, 5) is 0. The van der Waals surface area contributed by atoms with Gasteiger partial charge < -0.3 is 15.5 Å². The summed E-state index contributed by atoms with van der Waals surface area (Å²) in [5, 5.41) is 11.1. The van der Waals surface area contributed by atoms with Crippen LogP contribution < -0.4 is 11.1 Å². The van der Waals surface area contributed by atoms with Crippen LogP contribution in [-0.4, -0.2) is 12.8 Å². The number of nitrogens with two attached hydrogens (primary N) is 1.